The lowest BCUT2D eigenvalue weighted by Crippen LogP contribution is -2.06. The van der Waals surface area contributed by atoms with Crippen LogP contribution in [-0.2, 0) is 6.42 Å². The Morgan fingerprint density at radius 3 is 2.47 bits per heavy atom. The lowest BCUT2D eigenvalue weighted by Gasteiger charge is -2.15. The Labute approximate surface area is 114 Å². The van der Waals surface area contributed by atoms with E-state index < -0.39 is 6.10 Å². The van der Waals surface area contributed by atoms with Gasteiger partial charge in [-0.1, -0.05) is 48.5 Å². The van der Waals surface area contributed by atoms with Crippen molar-refractivity contribution in [3.63, 3.8) is 0 Å². The summed E-state index contributed by atoms with van der Waals surface area (Å²) in [5.74, 6) is 0.813. The maximum atomic E-state index is 9.77. The molecule has 0 radical (unpaired) electrons. The summed E-state index contributed by atoms with van der Waals surface area (Å²) in [6.45, 7) is 4.39. The third-order valence-electron chi connectivity index (χ3n) is 3.17. The maximum absolute atomic E-state index is 9.77. The second kappa shape index (κ2) is 6.39. The molecule has 2 heteroatoms. The predicted octanol–water partition coefficient (Wildman–Crippen LogP) is 3.67. The van der Waals surface area contributed by atoms with Crippen LogP contribution < -0.4 is 4.74 Å². The van der Waals surface area contributed by atoms with Crippen LogP contribution in [0.1, 0.15) is 29.7 Å². The van der Waals surface area contributed by atoms with Gasteiger partial charge in [-0.15, -0.1) is 0 Å². The molecule has 1 unspecified atom stereocenters. The van der Waals surface area contributed by atoms with E-state index in [1.165, 1.54) is 5.56 Å². The summed E-state index contributed by atoms with van der Waals surface area (Å²) in [5.41, 5.74) is 3.18. The molecule has 2 aromatic carbocycles. The molecule has 2 aromatic rings. The summed E-state index contributed by atoms with van der Waals surface area (Å²) in [6, 6.07) is 16.1. The van der Waals surface area contributed by atoms with Crippen molar-refractivity contribution in [3.8, 4) is 5.75 Å². The molecule has 0 aromatic heterocycles. The van der Waals surface area contributed by atoms with Crippen molar-refractivity contribution >= 4 is 0 Å². The van der Waals surface area contributed by atoms with Crippen LogP contribution in [0, 0.1) is 6.92 Å². The minimum atomic E-state index is -0.508. The van der Waals surface area contributed by atoms with Crippen LogP contribution in [0.15, 0.2) is 48.5 Å². The average molecular weight is 256 g/mol. The van der Waals surface area contributed by atoms with Crippen LogP contribution in [0.5, 0.6) is 5.75 Å². The fourth-order valence-corrected chi connectivity index (χ4v) is 2.12. The Morgan fingerprint density at radius 1 is 1.05 bits per heavy atom. The van der Waals surface area contributed by atoms with Crippen molar-refractivity contribution in [1.29, 1.82) is 0 Å². The number of aryl methyl sites for hydroxylation is 1. The van der Waals surface area contributed by atoms with Crippen LogP contribution >= 0.6 is 0 Å². The highest BCUT2D eigenvalue weighted by atomic mass is 16.5. The molecule has 0 aliphatic rings. The van der Waals surface area contributed by atoms with Crippen LogP contribution in [0.4, 0.5) is 0 Å². The lowest BCUT2D eigenvalue weighted by atomic mass is 10.1. The van der Waals surface area contributed by atoms with E-state index in [-0.39, 0.29) is 0 Å². The van der Waals surface area contributed by atoms with Crippen molar-refractivity contribution in [1.82, 2.24) is 0 Å². The van der Waals surface area contributed by atoms with Gasteiger partial charge in [-0.05, 0) is 25.0 Å². The Morgan fingerprint density at radius 2 is 1.79 bits per heavy atom. The molecule has 0 aliphatic heterocycles. The molecular weight excluding hydrogens is 236 g/mol. The zero-order valence-electron chi connectivity index (χ0n) is 11.5. The van der Waals surface area contributed by atoms with Crippen LogP contribution in [0.25, 0.3) is 0 Å². The summed E-state index contributed by atoms with van der Waals surface area (Å²) in [7, 11) is 0. The highest BCUT2D eigenvalue weighted by Gasteiger charge is 2.11. The standard InChI is InChI=1S/C17H20O2/c1-13-7-6-10-16(14(2)18)17(13)19-12-11-15-8-4-3-5-9-15/h3-10,14,18H,11-12H2,1-2H3. The summed E-state index contributed by atoms with van der Waals surface area (Å²) < 4.78 is 5.87. The van der Waals surface area contributed by atoms with E-state index in [0.717, 1.165) is 23.3 Å². The van der Waals surface area contributed by atoms with Gasteiger partial charge in [0.05, 0.1) is 12.7 Å². The van der Waals surface area contributed by atoms with Gasteiger partial charge in [-0.2, -0.15) is 0 Å². The smallest absolute Gasteiger partial charge is 0.127 e. The second-order valence-corrected chi connectivity index (χ2v) is 4.75. The van der Waals surface area contributed by atoms with E-state index >= 15 is 0 Å². The first-order chi connectivity index (χ1) is 9.18. The Kier molecular flexibility index (Phi) is 4.58. The number of para-hydroxylation sites is 1. The highest BCUT2D eigenvalue weighted by molar-refractivity contribution is 5.41. The lowest BCUT2D eigenvalue weighted by molar-refractivity contribution is 0.191. The molecule has 100 valence electrons. The number of ether oxygens (including phenoxy) is 1. The van der Waals surface area contributed by atoms with Crippen molar-refractivity contribution < 1.29 is 9.84 Å². The van der Waals surface area contributed by atoms with Crippen molar-refractivity contribution in [2.45, 2.75) is 26.4 Å². The zero-order chi connectivity index (χ0) is 13.7. The fraction of sp³-hybridized carbons (Fsp3) is 0.294. The van der Waals surface area contributed by atoms with Crippen molar-refractivity contribution in [3.05, 3.63) is 65.2 Å². The molecule has 2 nitrogen and oxygen atoms in total. The molecule has 0 heterocycles. The van der Waals surface area contributed by atoms with E-state index in [9.17, 15) is 5.11 Å². The Balaban J connectivity index is 2.03. The third-order valence-corrected chi connectivity index (χ3v) is 3.17. The van der Waals surface area contributed by atoms with Gasteiger partial charge < -0.3 is 9.84 Å². The predicted molar refractivity (Wildman–Crippen MR) is 77.5 cm³/mol. The van der Waals surface area contributed by atoms with Crippen molar-refractivity contribution in [2.24, 2.45) is 0 Å². The largest absolute Gasteiger partial charge is 0.493 e. The van der Waals surface area contributed by atoms with Gasteiger partial charge in [-0.3, -0.25) is 0 Å². The van der Waals surface area contributed by atoms with Gasteiger partial charge in [0, 0.05) is 12.0 Å². The van der Waals surface area contributed by atoms with Crippen LogP contribution in [-0.4, -0.2) is 11.7 Å². The maximum Gasteiger partial charge on any atom is 0.127 e. The molecule has 1 N–H and O–H groups in total. The normalized spacial score (nSPS) is 12.2. The minimum Gasteiger partial charge on any atom is -0.493 e. The number of hydrogen-bond acceptors (Lipinski definition) is 2. The first kappa shape index (κ1) is 13.6. The minimum absolute atomic E-state index is 0.508. The number of rotatable bonds is 5. The first-order valence-electron chi connectivity index (χ1n) is 6.63. The van der Waals surface area contributed by atoms with E-state index in [4.69, 9.17) is 4.74 Å². The number of benzene rings is 2. The fourth-order valence-electron chi connectivity index (χ4n) is 2.12. The summed E-state index contributed by atoms with van der Waals surface area (Å²) in [5, 5.41) is 9.77. The molecule has 0 fully saturated rings. The SMILES string of the molecule is Cc1cccc(C(C)O)c1OCCc1ccccc1. The number of aliphatic hydroxyl groups excluding tert-OH is 1. The number of aliphatic hydroxyl groups is 1. The molecule has 0 aliphatic carbocycles. The third kappa shape index (κ3) is 3.58. The topological polar surface area (TPSA) is 29.5 Å². The van der Waals surface area contributed by atoms with Gasteiger partial charge in [0.15, 0.2) is 0 Å². The summed E-state index contributed by atoms with van der Waals surface area (Å²) in [4.78, 5) is 0. The van der Waals surface area contributed by atoms with E-state index in [0.29, 0.717) is 6.61 Å². The van der Waals surface area contributed by atoms with Gasteiger partial charge in [0.1, 0.15) is 5.75 Å². The van der Waals surface area contributed by atoms with Gasteiger partial charge in [0.25, 0.3) is 0 Å². The second-order valence-electron chi connectivity index (χ2n) is 4.75. The Bertz CT molecular complexity index is 518. The molecule has 2 rings (SSSR count). The summed E-state index contributed by atoms with van der Waals surface area (Å²) >= 11 is 0. The molecule has 0 saturated heterocycles. The average Bonchev–Trinajstić information content (AvgIpc) is 2.41. The van der Waals surface area contributed by atoms with Gasteiger partial charge >= 0.3 is 0 Å². The zero-order valence-corrected chi connectivity index (χ0v) is 11.5. The first-order valence-corrected chi connectivity index (χ1v) is 6.63. The monoisotopic (exact) mass is 256 g/mol. The molecule has 0 bridgehead atoms. The van der Waals surface area contributed by atoms with E-state index in [2.05, 4.69) is 12.1 Å². The summed E-state index contributed by atoms with van der Waals surface area (Å²) in [6.07, 6.45) is 0.362. The van der Waals surface area contributed by atoms with E-state index in [1.807, 2.05) is 43.3 Å². The molecule has 1 atom stereocenters. The van der Waals surface area contributed by atoms with Crippen LogP contribution in [0.2, 0.25) is 0 Å². The van der Waals surface area contributed by atoms with Gasteiger partial charge in [-0.25, -0.2) is 0 Å². The van der Waals surface area contributed by atoms with Crippen LogP contribution in [0.3, 0.4) is 0 Å². The number of hydrogen-bond donors (Lipinski definition) is 1. The highest BCUT2D eigenvalue weighted by Crippen LogP contribution is 2.28. The molecular formula is C17H20O2. The molecule has 0 saturated carbocycles. The van der Waals surface area contributed by atoms with Gasteiger partial charge in [0.2, 0.25) is 0 Å². The van der Waals surface area contributed by atoms with E-state index in [1.54, 1.807) is 6.92 Å². The molecule has 0 amide bonds. The quantitative estimate of drug-likeness (QED) is 0.884. The van der Waals surface area contributed by atoms with Crippen molar-refractivity contribution in [2.75, 3.05) is 6.61 Å². The molecule has 0 spiro atoms. The molecule has 19 heavy (non-hydrogen) atoms. The Hall–Kier alpha value is -1.80.